The Morgan fingerprint density at radius 2 is 2.00 bits per heavy atom. The molecule has 1 aromatic rings. The van der Waals surface area contributed by atoms with Gasteiger partial charge < -0.3 is 15.7 Å². The third kappa shape index (κ3) is 3.94. The summed E-state index contributed by atoms with van der Waals surface area (Å²) in [6.07, 6.45) is 0. The van der Waals surface area contributed by atoms with Crippen LogP contribution in [0.4, 0.5) is 5.82 Å². The minimum atomic E-state index is -1.05. The Bertz CT molecular complexity index is 527. The molecule has 0 radical (unpaired) electrons. The number of nitrogens with two attached hydrogens (primary N) is 1. The molecule has 0 spiro atoms. The number of carboxylic acids is 1. The number of primary amides is 1. The summed E-state index contributed by atoms with van der Waals surface area (Å²) >= 11 is 0. The van der Waals surface area contributed by atoms with Crippen molar-refractivity contribution in [2.45, 2.75) is 27.7 Å². The molecule has 1 heterocycles. The molecule has 1 amide bonds. The Morgan fingerprint density at radius 1 is 1.40 bits per heavy atom. The van der Waals surface area contributed by atoms with E-state index in [1.165, 1.54) is 0 Å². The van der Waals surface area contributed by atoms with Gasteiger partial charge in [-0.05, 0) is 31.4 Å². The van der Waals surface area contributed by atoms with Gasteiger partial charge >= 0.3 is 5.97 Å². The van der Waals surface area contributed by atoms with Crippen LogP contribution in [-0.4, -0.2) is 35.1 Å². The average molecular weight is 279 g/mol. The second kappa shape index (κ2) is 6.36. The smallest absolute Gasteiger partial charge is 0.339 e. The van der Waals surface area contributed by atoms with Gasteiger partial charge in [-0.25, -0.2) is 9.78 Å². The first-order valence-electron chi connectivity index (χ1n) is 6.47. The number of rotatable bonds is 6. The van der Waals surface area contributed by atoms with Crippen LogP contribution in [-0.2, 0) is 4.79 Å². The molecule has 6 nitrogen and oxygen atoms in total. The highest BCUT2D eigenvalue weighted by atomic mass is 16.4. The summed E-state index contributed by atoms with van der Waals surface area (Å²) in [7, 11) is 0. The minimum Gasteiger partial charge on any atom is -0.478 e. The van der Waals surface area contributed by atoms with E-state index in [9.17, 15) is 14.7 Å². The normalized spacial score (nSPS) is 10.7. The van der Waals surface area contributed by atoms with Gasteiger partial charge in [-0.1, -0.05) is 13.8 Å². The van der Waals surface area contributed by atoms with Gasteiger partial charge in [0.15, 0.2) is 0 Å². The van der Waals surface area contributed by atoms with Crippen LogP contribution in [0.5, 0.6) is 0 Å². The lowest BCUT2D eigenvalue weighted by atomic mass is 10.1. The van der Waals surface area contributed by atoms with Gasteiger partial charge in [0.2, 0.25) is 5.91 Å². The molecular weight excluding hydrogens is 258 g/mol. The molecule has 0 aromatic carbocycles. The van der Waals surface area contributed by atoms with Crippen molar-refractivity contribution < 1.29 is 14.7 Å². The lowest BCUT2D eigenvalue weighted by Crippen LogP contribution is -2.38. The maximum atomic E-state index is 11.4. The standard InChI is InChI=1S/C14H21N3O3/c1-8(2)6-17(7-11(15)18)13-12(14(19)20)9(3)5-10(4)16-13/h5,8H,6-7H2,1-4H3,(H2,15,18)(H,19,20). The Balaban J connectivity index is 3.36. The molecule has 110 valence electrons. The molecule has 0 unspecified atom stereocenters. The number of hydrogen-bond donors (Lipinski definition) is 2. The second-order valence-electron chi connectivity index (χ2n) is 5.32. The van der Waals surface area contributed by atoms with Crippen LogP contribution in [0, 0.1) is 19.8 Å². The Kier molecular flexibility index (Phi) is 5.07. The van der Waals surface area contributed by atoms with Gasteiger partial charge in [0.25, 0.3) is 0 Å². The Labute approximate surface area is 118 Å². The first-order valence-corrected chi connectivity index (χ1v) is 6.47. The Hall–Kier alpha value is -2.11. The van der Waals surface area contributed by atoms with Crippen molar-refractivity contribution in [3.05, 3.63) is 22.9 Å². The average Bonchev–Trinajstić information content (AvgIpc) is 2.24. The molecule has 0 aliphatic carbocycles. The minimum absolute atomic E-state index is 0.0473. The fourth-order valence-corrected chi connectivity index (χ4v) is 2.16. The highest BCUT2D eigenvalue weighted by Gasteiger charge is 2.22. The van der Waals surface area contributed by atoms with Crippen molar-refractivity contribution in [3.8, 4) is 0 Å². The highest BCUT2D eigenvalue weighted by Crippen LogP contribution is 2.23. The van der Waals surface area contributed by atoms with E-state index in [4.69, 9.17) is 5.73 Å². The number of carbonyl (C=O) groups excluding carboxylic acids is 1. The van der Waals surface area contributed by atoms with Crippen molar-refractivity contribution in [3.63, 3.8) is 0 Å². The molecule has 0 saturated heterocycles. The van der Waals surface area contributed by atoms with E-state index in [0.29, 0.717) is 23.6 Å². The van der Waals surface area contributed by atoms with Crippen LogP contribution in [0.3, 0.4) is 0 Å². The van der Waals surface area contributed by atoms with Gasteiger partial charge in [-0.15, -0.1) is 0 Å². The maximum Gasteiger partial charge on any atom is 0.339 e. The molecule has 3 N–H and O–H groups in total. The number of carboxylic acid groups (broad SMARTS) is 1. The number of pyridine rings is 1. The summed E-state index contributed by atoms with van der Waals surface area (Å²) in [5, 5.41) is 9.37. The van der Waals surface area contributed by atoms with E-state index in [2.05, 4.69) is 4.98 Å². The van der Waals surface area contributed by atoms with Gasteiger partial charge in [-0.2, -0.15) is 0 Å². The van der Waals surface area contributed by atoms with Gasteiger partial charge in [0.05, 0.1) is 6.54 Å². The monoisotopic (exact) mass is 279 g/mol. The largest absolute Gasteiger partial charge is 0.478 e. The molecule has 0 aliphatic heterocycles. The lowest BCUT2D eigenvalue weighted by Gasteiger charge is -2.26. The number of anilines is 1. The van der Waals surface area contributed by atoms with E-state index in [0.717, 1.165) is 0 Å². The first-order chi connectivity index (χ1) is 9.22. The predicted molar refractivity (Wildman–Crippen MR) is 76.9 cm³/mol. The van der Waals surface area contributed by atoms with E-state index >= 15 is 0 Å². The van der Waals surface area contributed by atoms with Gasteiger partial charge in [0.1, 0.15) is 11.4 Å². The third-order valence-electron chi connectivity index (χ3n) is 2.77. The van der Waals surface area contributed by atoms with E-state index in [1.807, 2.05) is 13.8 Å². The van der Waals surface area contributed by atoms with Crippen molar-refractivity contribution in [1.82, 2.24) is 4.98 Å². The van der Waals surface area contributed by atoms with Crippen LogP contribution in [0.1, 0.15) is 35.5 Å². The summed E-state index contributed by atoms with van der Waals surface area (Å²) in [5.74, 6) is -1.01. The summed E-state index contributed by atoms with van der Waals surface area (Å²) < 4.78 is 0. The van der Waals surface area contributed by atoms with Crippen molar-refractivity contribution >= 4 is 17.7 Å². The molecule has 6 heteroatoms. The molecule has 1 rings (SSSR count). The zero-order valence-electron chi connectivity index (χ0n) is 12.3. The third-order valence-corrected chi connectivity index (χ3v) is 2.77. The zero-order chi connectivity index (χ0) is 15.4. The van der Waals surface area contributed by atoms with Crippen LogP contribution in [0.25, 0.3) is 0 Å². The fraction of sp³-hybridized carbons (Fsp3) is 0.500. The second-order valence-corrected chi connectivity index (χ2v) is 5.32. The number of amides is 1. The van der Waals surface area contributed by atoms with Crippen LogP contribution in [0.15, 0.2) is 6.07 Å². The molecule has 1 aromatic heterocycles. The SMILES string of the molecule is Cc1cc(C)c(C(=O)O)c(N(CC(N)=O)CC(C)C)n1. The topological polar surface area (TPSA) is 96.5 Å². The quantitative estimate of drug-likeness (QED) is 0.819. The lowest BCUT2D eigenvalue weighted by molar-refractivity contribution is -0.116. The molecule has 0 saturated carbocycles. The number of aromatic carboxylic acids is 1. The van der Waals surface area contributed by atoms with Gasteiger partial charge in [-0.3, -0.25) is 4.79 Å². The van der Waals surface area contributed by atoms with Crippen LogP contribution >= 0.6 is 0 Å². The molecule has 0 bridgehead atoms. The summed E-state index contributed by atoms with van der Waals surface area (Å²) in [6.45, 7) is 7.95. The summed E-state index contributed by atoms with van der Waals surface area (Å²) in [6, 6.07) is 1.71. The number of aryl methyl sites for hydroxylation is 2. The van der Waals surface area contributed by atoms with Crippen molar-refractivity contribution in [1.29, 1.82) is 0 Å². The zero-order valence-corrected chi connectivity index (χ0v) is 12.3. The van der Waals surface area contributed by atoms with E-state index < -0.39 is 11.9 Å². The summed E-state index contributed by atoms with van der Waals surface area (Å²) in [4.78, 5) is 28.6. The molecule has 0 fully saturated rings. The van der Waals surface area contributed by atoms with Crippen molar-refractivity contribution in [2.24, 2.45) is 11.7 Å². The van der Waals surface area contributed by atoms with Crippen LogP contribution in [0.2, 0.25) is 0 Å². The van der Waals surface area contributed by atoms with E-state index in [-0.39, 0.29) is 18.0 Å². The molecular formula is C14H21N3O3. The molecule has 20 heavy (non-hydrogen) atoms. The highest BCUT2D eigenvalue weighted by molar-refractivity contribution is 5.95. The number of hydrogen-bond acceptors (Lipinski definition) is 4. The first kappa shape index (κ1) is 15.9. The predicted octanol–water partition coefficient (Wildman–Crippen LogP) is 1.34. The Morgan fingerprint density at radius 3 is 2.45 bits per heavy atom. The number of carbonyl (C=O) groups is 2. The number of aromatic nitrogens is 1. The van der Waals surface area contributed by atoms with Crippen molar-refractivity contribution in [2.75, 3.05) is 18.0 Å². The maximum absolute atomic E-state index is 11.4. The number of nitrogens with zero attached hydrogens (tertiary/aromatic N) is 2. The van der Waals surface area contributed by atoms with E-state index in [1.54, 1.807) is 24.8 Å². The molecule has 0 atom stereocenters. The molecule has 0 aliphatic rings. The van der Waals surface area contributed by atoms with Gasteiger partial charge in [0, 0.05) is 12.2 Å². The summed E-state index contributed by atoms with van der Waals surface area (Å²) in [5.41, 5.74) is 6.71. The fourth-order valence-electron chi connectivity index (χ4n) is 2.16. The van der Waals surface area contributed by atoms with Crippen LogP contribution < -0.4 is 10.6 Å².